The molecule has 116 valence electrons. The number of rotatable bonds is 4. The van der Waals surface area contributed by atoms with Crippen LogP contribution in [0.1, 0.15) is 36.2 Å². The Labute approximate surface area is 125 Å². The van der Waals surface area contributed by atoms with E-state index in [9.17, 15) is 4.79 Å². The molecule has 0 aliphatic carbocycles. The van der Waals surface area contributed by atoms with Crippen molar-refractivity contribution in [1.29, 1.82) is 0 Å². The van der Waals surface area contributed by atoms with Crippen molar-refractivity contribution >= 4 is 5.91 Å². The molecule has 1 amide bonds. The number of piperidine rings is 1. The molecule has 0 unspecified atom stereocenters. The third-order valence-corrected chi connectivity index (χ3v) is 5.02. The van der Waals surface area contributed by atoms with Crippen molar-refractivity contribution in [2.45, 2.75) is 31.2 Å². The van der Waals surface area contributed by atoms with Crippen LogP contribution in [-0.2, 0) is 4.74 Å². The van der Waals surface area contributed by atoms with Crippen molar-refractivity contribution in [3.05, 3.63) is 24.2 Å². The van der Waals surface area contributed by atoms with Crippen molar-refractivity contribution < 1.29 is 13.9 Å². The zero-order valence-corrected chi connectivity index (χ0v) is 12.7. The van der Waals surface area contributed by atoms with Crippen molar-refractivity contribution in [2.75, 3.05) is 39.9 Å². The molecular weight excluding hydrogens is 268 g/mol. The molecule has 0 bridgehead atoms. The minimum absolute atomic E-state index is 0.0243. The van der Waals surface area contributed by atoms with Gasteiger partial charge in [-0.15, -0.1) is 0 Å². The third kappa shape index (κ3) is 2.85. The molecule has 2 aliphatic rings. The van der Waals surface area contributed by atoms with E-state index in [0.717, 1.165) is 45.6 Å². The second-order valence-corrected chi connectivity index (χ2v) is 6.08. The maximum absolute atomic E-state index is 12.3. The Kier molecular flexibility index (Phi) is 4.31. The molecular formula is C16H24N2O3. The third-order valence-electron chi connectivity index (χ3n) is 5.02. The summed E-state index contributed by atoms with van der Waals surface area (Å²) in [6.07, 6.45) is 6.18. The van der Waals surface area contributed by atoms with Gasteiger partial charge in [0.1, 0.15) is 0 Å². The Bertz CT molecular complexity index is 464. The highest BCUT2D eigenvalue weighted by atomic mass is 16.5. The summed E-state index contributed by atoms with van der Waals surface area (Å²) in [5, 5.41) is 0. The molecule has 0 saturated carbocycles. The van der Waals surface area contributed by atoms with Crippen LogP contribution in [0.5, 0.6) is 0 Å². The topological polar surface area (TPSA) is 45.9 Å². The Hall–Kier alpha value is -1.33. The minimum Gasteiger partial charge on any atom is -0.459 e. The Morgan fingerprint density at radius 2 is 2.14 bits per heavy atom. The molecule has 3 heterocycles. The van der Waals surface area contributed by atoms with Gasteiger partial charge in [0.15, 0.2) is 5.76 Å². The lowest BCUT2D eigenvalue weighted by atomic mass is 9.85. The van der Waals surface area contributed by atoms with Gasteiger partial charge in [-0.1, -0.05) is 0 Å². The molecule has 2 fully saturated rings. The molecule has 1 spiro atoms. The number of carbonyl (C=O) groups is 1. The summed E-state index contributed by atoms with van der Waals surface area (Å²) in [7, 11) is 1.76. The molecule has 0 radical (unpaired) electrons. The van der Waals surface area contributed by atoms with Crippen LogP contribution in [0.3, 0.4) is 0 Å². The molecule has 0 aromatic carbocycles. The lowest BCUT2D eigenvalue weighted by Crippen LogP contribution is -2.53. The van der Waals surface area contributed by atoms with Crippen LogP contribution in [0, 0.1) is 0 Å². The van der Waals surface area contributed by atoms with Crippen molar-refractivity contribution in [2.24, 2.45) is 0 Å². The summed E-state index contributed by atoms with van der Waals surface area (Å²) in [5.41, 5.74) is 0.290. The number of furan rings is 1. The van der Waals surface area contributed by atoms with E-state index in [4.69, 9.17) is 9.15 Å². The summed E-state index contributed by atoms with van der Waals surface area (Å²) < 4.78 is 10.4. The van der Waals surface area contributed by atoms with E-state index in [-0.39, 0.29) is 5.91 Å². The second-order valence-electron chi connectivity index (χ2n) is 6.08. The van der Waals surface area contributed by atoms with E-state index >= 15 is 0 Å². The molecule has 21 heavy (non-hydrogen) atoms. The predicted molar refractivity (Wildman–Crippen MR) is 79.3 cm³/mol. The quantitative estimate of drug-likeness (QED) is 0.851. The maximum Gasteiger partial charge on any atom is 0.289 e. The highest BCUT2D eigenvalue weighted by molar-refractivity contribution is 5.91. The fourth-order valence-electron chi connectivity index (χ4n) is 3.79. The number of likely N-dealkylation sites (tertiary alicyclic amines) is 2. The van der Waals surface area contributed by atoms with Gasteiger partial charge in [0.05, 0.1) is 12.9 Å². The number of hydrogen-bond donors (Lipinski definition) is 0. The summed E-state index contributed by atoms with van der Waals surface area (Å²) in [6.45, 7) is 4.60. The largest absolute Gasteiger partial charge is 0.459 e. The molecule has 2 aliphatic heterocycles. The van der Waals surface area contributed by atoms with Gasteiger partial charge in [-0.3, -0.25) is 9.69 Å². The molecule has 0 atom stereocenters. The summed E-state index contributed by atoms with van der Waals surface area (Å²) in [5.74, 6) is 0.477. The number of amides is 1. The van der Waals surface area contributed by atoms with Crippen LogP contribution in [0.15, 0.2) is 22.8 Å². The van der Waals surface area contributed by atoms with Gasteiger partial charge in [-0.25, -0.2) is 0 Å². The molecule has 0 N–H and O–H groups in total. The number of hydrogen-bond acceptors (Lipinski definition) is 4. The SMILES string of the molecule is COCCN1CCCC12CCN(C(=O)c1ccco1)CC2. The molecule has 3 rings (SSSR count). The van der Waals surface area contributed by atoms with E-state index in [2.05, 4.69) is 4.90 Å². The molecule has 5 heteroatoms. The van der Waals surface area contributed by atoms with Gasteiger partial charge in [-0.05, 0) is 44.4 Å². The Morgan fingerprint density at radius 3 is 2.81 bits per heavy atom. The number of nitrogens with zero attached hydrogens (tertiary/aromatic N) is 2. The average molecular weight is 292 g/mol. The number of ether oxygens (including phenoxy) is 1. The Balaban J connectivity index is 1.60. The summed E-state index contributed by atoms with van der Waals surface area (Å²) in [6, 6.07) is 3.51. The van der Waals surface area contributed by atoms with E-state index < -0.39 is 0 Å². The first kappa shape index (κ1) is 14.6. The second kappa shape index (κ2) is 6.20. The highest BCUT2D eigenvalue weighted by Crippen LogP contribution is 2.38. The van der Waals surface area contributed by atoms with Crippen LogP contribution in [0.2, 0.25) is 0 Å². The lowest BCUT2D eigenvalue weighted by Gasteiger charge is -2.45. The molecule has 1 aromatic heterocycles. The van der Waals surface area contributed by atoms with Crippen molar-refractivity contribution in [3.63, 3.8) is 0 Å². The monoisotopic (exact) mass is 292 g/mol. The van der Waals surface area contributed by atoms with Gasteiger partial charge >= 0.3 is 0 Å². The fourth-order valence-corrected chi connectivity index (χ4v) is 3.79. The predicted octanol–water partition coefficient (Wildman–Crippen LogP) is 2.00. The molecule has 5 nitrogen and oxygen atoms in total. The van der Waals surface area contributed by atoms with Crippen LogP contribution in [-0.4, -0.2) is 61.1 Å². The Morgan fingerprint density at radius 1 is 1.33 bits per heavy atom. The van der Waals surface area contributed by atoms with Crippen LogP contribution in [0.25, 0.3) is 0 Å². The minimum atomic E-state index is 0.0243. The van der Waals surface area contributed by atoms with Crippen LogP contribution in [0.4, 0.5) is 0 Å². The van der Waals surface area contributed by atoms with Crippen molar-refractivity contribution in [3.8, 4) is 0 Å². The first-order valence-electron chi connectivity index (χ1n) is 7.82. The van der Waals surface area contributed by atoms with E-state index in [1.165, 1.54) is 12.8 Å². The first-order chi connectivity index (χ1) is 10.2. The lowest BCUT2D eigenvalue weighted by molar-refractivity contribution is 0.0295. The van der Waals surface area contributed by atoms with Gasteiger partial charge in [-0.2, -0.15) is 0 Å². The molecule has 2 saturated heterocycles. The molecule has 1 aromatic rings. The van der Waals surface area contributed by atoms with Crippen LogP contribution >= 0.6 is 0 Å². The maximum atomic E-state index is 12.3. The van der Waals surface area contributed by atoms with E-state index in [1.807, 2.05) is 4.90 Å². The standard InChI is InChI=1S/C16H24N2O3/c1-20-13-11-18-8-3-5-16(18)6-9-17(10-7-16)15(19)14-4-2-12-21-14/h2,4,12H,3,5-11,13H2,1H3. The van der Waals surface area contributed by atoms with Gasteiger partial charge < -0.3 is 14.1 Å². The van der Waals surface area contributed by atoms with E-state index in [0.29, 0.717) is 11.3 Å². The highest BCUT2D eigenvalue weighted by Gasteiger charge is 2.43. The van der Waals surface area contributed by atoms with Gasteiger partial charge in [0, 0.05) is 32.3 Å². The first-order valence-corrected chi connectivity index (χ1v) is 7.82. The van der Waals surface area contributed by atoms with Crippen LogP contribution < -0.4 is 0 Å². The number of methoxy groups -OCH3 is 1. The zero-order valence-electron chi connectivity index (χ0n) is 12.7. The number of carbonyl (C=O) groups excluding carboxylic acids is 1. The van der Waals surface area contributed by atoms with Gasteiger partial charge in [0.2, 0.25) is 0 Å². The summed E-state index contributed by atoms with van der Waals surface area (Å²) >= 11 is 0. The zero-order chi connectivity index (χ0) is 14.7. The van der Waals surface area contributed by atoms with E-state index in [1.54, 1.807) is 25.5 Å². The summed E-state index contributed by atoms with van der Waals surface area (Å²) in [4.78, 5) is 16.8. The average Bonchev–Trinajstić information content (AvgIpc) is 3.16. The van der Waals surface area contributed by atoms with Gasteiger partial charge in [0.25, 0.3) is 5.91 Å². The fraction of sp³-hybridized carbons (Fsp3) is 0.688. The smallest absolute Gasteiger partial charge is 0.289 e. The van der Waals surface area contributed by atoms with Crippen molar-refractivity contribution in [1.82, 2.24) is 9.80 Å². The normalized spacial score (nSPS) is 22.0.